The van der Waals surface area contributed by atoms with Gasteiger partial charge in [0.15, 0.2) is 0 Å². The number of likely N-dealkylation sites (tertiary alicyclic amines) is 1. The van der Waals surface area contributed by atoms with Crippen molar-refractivity contribution in [2.75, 3.05) is 37.6 Å². The highest BCUT2D eigenvalue weighted by atomic mass is 16.6. The summed E-state index contributed by atoms with van der Waals surface area (Å²) in [6.07, 6.45) is 4.30. The molecule has 2 aliphatic heterocycles. The fraction of sp³-hybridized carbons (Fsp3) is 0.556. The lowest BCUT2D eigenvalue weighted by atomic mass is 10.1. The molecule has 0 spiro atoms. The van der Waals surface area contributed by atoms with E-state index in [-0.39, 0.29) is 17.5 Å². The summed E-state index contributed by atoms with van der Waals surface area (Å²) in [5, 5.41) is 13.9. The van der Waals surface area contributed by atoms with Gasteiger partial charge in [0, 0.05) is 51.3 Å². The highest BCUT2D eigenvalue weighted by Crippen LogP contribution is 2.28. The molecule has 0 unspecified atom stereocenters. The van der Waals surface area contributed by atoms with Crippen molar-refractivity contribution >= 4 is 23.2 Å². The molecule has 2 aliphatic rings. The minimum absolute atomic E-state index is 0.0826. The predicted octanol–water partition coefficient (Wildman–Crippen LogP) is 1.94. The van der Waals surface area contributed by atoms with E-state index in [1.54, 1.807) is 6.07 Å². The maximum Gasteiger partial charge on any atom is 0.270 e. The Kier molecular flexibility index (Phi) is 5.70. The molecular weight excluding hydrogens is 336 g/mol. The van der Waals surface area contributed by atoms with Gasteiger partial charge < -0.3 is 15.1 Å². The number of carbonyl (C=O) groups is 2. The molecule has 0 saturated carbocycles. The SMILES string of the molecule is O=C(NCCCN1CCCC1=O)c1cc([N+](=O)[O-])ccc1N1CCCC1. The van der Waals surface area contributed by atoms with Crippen molar-refractivity contribution in [2.24, 2.45) is 0 Å². The van der Waals surface area contributed by atoms with E-state index in [1.165, 1.54) is 12.1 Å². The van der Waals surface area contributed by atoms with Crippen LogP contribution in [-0.2, 0) is 4.79 Å². The molecule has 0 aliphatic carbocycles. The van der Waals surface area contributed by atoms with Gasteiger partial charge in [0.2, 0.25) is 5.91 Å². The molecular formula is C18H24N4O4. The van der Waals surface area contributed by atoms with Crippen LogP contribution in [0.3, 0.4) is 0 Å². The molecule has 1 aromatic carbocycles. The molecule has 1 aromatic rings. The highest BCUT2D eigenvalue weighted by molar-refractivity contribution is 6.00. The molecule has 0 atom stereocenters. The fourth-order valence-electron chi connectivity index (χ4n) is 3.56. The second-order valence-electron chi connectivity index (χ2n) is 6.75. The van der Waals surface area contributed by atoms with Gasteiger partial charge in [-0.25, -0.2) is 0 Å². The van der Waals surface area contributed by atoms with Gasteiger partial charge in [0.1, 0.15) is 0 Å². The standard InChI is InChI=1S/C18H24N4O4/c23-17-5-3-11-21(17)12-4-8-19-18(24)15-13-14(22(25)26)6-7-16(15)20-9-1-2-10-20/h6-7,13H,1-5,8-12H2,(H,19,24). The lowest BCUT2D eigenvalue weighted by Gasteiger charge is -2.21. The molecule has 2 heterocycles. The molecule has 140 valence electrons. The van der Waals surface area contributed by atoms with Gasteiger partial charge in [-0.1, -0.05) is 0 Å². The number of hydrogen-bond acceptors (Lipinski definition) is 5. The van der Waals surface area contributed by atoms with E-state index in [0.29, 0.717) is 31.5 Å². The normalized spacial score (nSPS) is 17.0. The smallest absolute Gasteiger partial charge is 0.270 e. The zero-order valence-corrected chi connectivity index (χ0v) is 14.8. The molecule has 0 bridgehead atoms. The molecule has 1 N–H and O–H groups in total. The number of nitro groups is 1. The molecule has 2 saturated heterocycles. The summed E-state index contributed by atoms with van der Waals surface area (Å²) < 4.78 is 0. The zero-order valence-electron chi connectivity index (χ0n) is 14.8. The van der Waals surface area contributed by atoms with E-state index < -0.39 is 4.92 Å². The molecule has 2 amide bonds. The summed E-state index contributed by atoms with van der Waals surface area (Å²) in [5.74, 6) is -0.130. The fourth-order valence-corrected chi connectivity index (χ4v) is 3.56. The van der Waals surface area contributed by atoms with E-state index >= 15 is 0 Å². The van der Waals surface area contributed by atoms with Crippen LogP contribution in [0.4, 0.5) is 11.4 Å². The molecule has 8 heteroatoms. The average Bonchev–Trinajstić information content (AvgIpc) is 3.30. The van der Waals surface area contributed by atoms with Crippen LogP contribution < -0.4 is 10.2 Å². The molecule has 8 nitrogen and oxygen atoms in total. The van der Waals surface area contributed by atoms with Gasteiger partial charge in [0.05, 0.1) is 16.2 Å². The number of amides is 2. The topological polar surface area (TPSA) is 95.8 Å². The van der Waals surface area contributed by atoms with Crippen molar-refractivity contribution in [3.8, 4) is 0 Å². The Balaban J connectivity index is 1.63. The van der Waals surface area contributed by atoms with E-state index in [4.69, 9.17) is 0 Å². The number of nitrogens with one attached hydrogen (secondary N) is 1. The highest BCUT2D eigenvalue weighted by Gasteiger charge is 2.23. The van der Waals surface area contributed by atoms with E-state index in [2.05, 4.69) is 10.2 Å². The largest absolute Gasteiger partial charge is 0.371 e. The van der Waals surface area contributed by atoms with E-state index in [0.717, 1.165) is 44.6 Å². The van der Waals surface area contributed by atoms with Crippen LogP contribution in [-0.4, -0.2) is 54.4 Å². The number of benzene rings is 1. The number of nitrogens with zero attached hydrogens (tertiary/aromatic N) is 3. The summed E-state index contributed by atoms with van der Waals surface area (Å²) >= 11 is 0. The molecule has 2 fully saturated rings. The Hall–Kier alpha value is -2.64. The third-order valence-electron chi connectivity index (χ3n) is 4.94. The second kappa shape index (κ2) is 8.16. The maximum absolute atomic E-state index is 12.6. The van der Waals surface area contributed by atoms with Crippen LogP contribution in [0.2, 0.25) is 0 Å². The number of rotatable bonds is 7. The van der Waals surface area contributed by atoms with Gasteiger partial charge >= 0.3 is 0 Å². The maximum atomic E-state index is 12.6. The third kappa shape index (κ3) is 4.12. The minimum atomic E-state index is -0.483. The average molecular weight is 360 g/mol. The number of anilines is 1. The third-order valence-corrected chi connectivity index (χ3v) is 4.94. The molecule has 0 aromatic heterocycles. The van der Waals surface area contributed by atoms with E-state index in [1.807, 2.05) is 4.90 Å². The summed E-state index contributed by atoms with van der Waals surface area (Å²) in [5.41, 5.74) is 1.01. The van der Waals surface area contributed by atoms with Crippen LogP contribution in [0.5, 0.6) is 0 Å². The Morgan fingerprint density at radius 2 is 1.96 bits per heavy atom. The molecule has 0 radical (unpaired) electrons. The first-order valence-corrected chi connectivity index (χ1v) is 9.15. The van der Waals surface area contributed by atoms with Crippen LogP contribution in [0.25, 0.3) is 0 Å². The van der Waals surface area contributed by atoms with Crippen LogP contribution in [0.15, 0.2) is 18.2 Å². The van der Waals surface area contributed by atoms with Gasteiger partial charge in [-0.15, -0.1) is 0 Å². The lowest BCUT2D eigenvalue weighted by molar-refractivity contribution is -0.384. The van der Waals surface area contributed by atoms with E-state index in [9.17, 15) is 19.7 Å². The van der Waals surface area contributed by atoms with Crippen molar-refractivity contribution in [3.05, 3.63) is 33.9 Å². The van der Waals surface area contributed by atoms with Crippen molar-refractivity contribution in [1.29, 1.82) is 0 Å². The summed E-state index contributed by atoms with van der Waals surface area (Å²) in [6.45, 7) is 3.57. The van der Waals surface area contributed by atoms with Crippen molar-refractivity contribution < 1.29 is 14.5 Å². The van der Waals surface area contributed by atoms with Gasteiger partial charge in [-0.2, -0.15) is 0 Å². The Morgan fingerprint density at radius 1 is 1.19 bits per heavy atom. The molecule has 26 heavy (non-hydrogen) atoms. The number of hydrogen-bond donors (Lipinski definition) is 1. The Labute approximate surface area is 152 Å². The van der Waals surface area contributed by atoms with Gasteiger partial charge in [-0.3, -0.25) is 19.7 Å². The van der Waals surface area contributed by atoms with Crippen molar-refractivity contribution in [2.45, 2.75) is 32.1 Å². The minimum Gasteiger partial charge on any atom is -0.371 e. The zero-order chi connectivity index (χ0) is 18.5. The van der Waals surface area contributed by atoms with Gasteiger partial charge in [0.25, 0.3) is 11.6 Å². The lowest BCUT2D eigenvalue weighted by Crippen LogP contribution is -2.31. The van der Waals surface area contributed by atoms with Crippen LogP contribution in [0.1, 0.15) is 42.5 Å². The number of nitro benzene ring substituents is 1. The first-order valence-electron chi connectivity index (χ1n) is 9.15. The van der Waals surface area contributed by atoms with Crippen molar-refractivity contribution in [3.63, 3.8) is 0 Å². The predicted molar refractivity (Wildman–Crippen MR) is 97.3 cm³/mol. The van der Waals surface area contributed by atoms with Crippen molar-refractivity contribution in [1.82, 2.24) is 10.2 Å². The summed E-state index contributed by atoms with van der Waals surface area (Å²) in [4.78, 5) is 38.7. The van der Waals surface area contributed by atoms with Crippen LogP contribution in [0, 0.1) is 10.1 Å². The first-order chi connectivity index (χ1) is 12.6. The Morgan fingerprint density at radius 3 is 2.62 bits per heavy atom. The van der Waals surface area contributed by atoms with Gasteiger partial charge in [-0.05, 0) is 31.7 Å². The monoisotopic (exact) mass is 360 g/mol. The Bertz CT molecular complexity index is 700. The van der Waals surface area contributed by atoms with Crippen LogP contribution >= 0.6 is 0 Å². The molecule has 3 rings (SSSR count). The summed E-state index contributed by atoms with van der Waals surface area (Å²) in [7, 11) is 0. The number of carbonyl (C=O) groups excluding carboxylic acids is 2. The quantitative estimate of drug-likeness (QED) is 0.455. The first kappa shape index (κ1) is 18.2. The summed E-state index contributed by atoms with van der Waals surface area (Å²) in [6, 6.07) is 4.47. The number of non-ortho nitro benzene ring substituents is 1. The second-order valence-corrected chi connectivity index (χ2v) is 6.75.